The van der Waals surface area contributed by atoms with Crippen LogP contribution in [0.1, 0.15) is 11.1 Å². The van der Waals surface area contributed by atoms with Gasteiger partial charge in [0, 0.05) is 5.56 Å². The minimum atomic E-state index is -3.28. The van der Waals surface area contributed by atoms with Crippen LogP contribution in [-0.2, 0) is 10.0 Å². The molecule has 2 N–H and O–H groups in total. The third-order valence-corrected chi connectivity index (χ3v) is 2.44. The van der Waals surface area contributed by atoms with Gasteiger partial charge in [-0.05, 0) is 24.6 Å². The molecule has 0 saturated heterocycles. The molecule has 0 bridgehead atoms. The number of aliphatic hydroxyl groups excluding tert-OH is 1. The van der Waals surface area contributed by atoms with E-state index in [4.69, 9.17) is 5.11 Å². The summed E-state index contributed by atoms with van der Waals surface area (Å²) in [5, 5.41) is 8.55. The Morgan fingerprint density at radius 3 is 2.69 bits per heavy atom. The number of anilines is 1. The van der Waals surface area contributed by atoms with E-state index in [1.807, 2.05) is 0 Å². The zero-order valence-electron chi connectivity index (χ0n) is 9.11. The molecular formula is C11H13NO3S. The molecule has 5 heteroatoms. The fourth-order valence-corrected chi connectivity index (χ4v) is 1.77. The molecule has 0 aliphatic heterocycles. The summed E-state index contributed by atoms with van der Waals surface area (Å²) < 4.78 is 24.6. The van der Waals surface area contributed by atoms with Crippen LogP contribution in [0.15, 0.2) is 18.2 Å². The molecule has 16 heavy (non-hydrogen) atoms. The number of sulfonamides is 1. The number of hydrogen-bond donors (Lipinski definition) is 2. The van der Waals surface area contributed by atoms with Gasteiger partial charge in [-0.3, -0.25) is 4.72 Å². The van der Waals surface area contributed by atoms with Gasteiger partial charge in [-0.2, -0.15) is 0 Å². The maximum absolute atomic E-state index is 11.1. The summed E-state index contributed by atoms with van der Waals surface area (Å²) in [7, 11) is -3.28. The van der Waals surface area contributed by atoms with Crippen LogP contribution >= 0.6 is 0 Å². The van der Waals surface area contributed by atoms with E-state index in [0.717, 1.165) is 11.8 Å². The second-order valence-corrected chi connectivity index (χ2v) is 5.11. The molecule has 1 rings (SSSR count). The summed E-state index contributed by atoms with van der Waals surface area (Å²) in [6.45, 7) is 1.58. The molecule has 0 unspecified atom stereocenters. The highest BCUT2D eigenvalue weighted by Crippen LogP contribution is 2.17. The van der Waals surface area contributed by atoms with Crippen molar-refractivity contribution < 1.29 is 13.5 Å². The first-order valence-electron chi connectivity index (χ1n) is 4.60. The summed E-state index contributed by atoms with van der Waals surface area (Å²) in [4.78, 5) is 0. The van der Waals surface area contributed by atoms with Crippen molar-refractivity contribution in [2.75, 3.05) is 17.6 Å². The predicted octanol–water partition coefficient (Wildman–Crippen LogP) is 0.710. The van der Waals surface area contributed by atoms with Crippen LogP contribution in [-0.4, -0.2) is 26.4 Å². The van der Waals surface area contributed by atoms with Gasteiger partial charge in [0.25, 0.3) is 0 Å². The van der Waals surface area contributed by atoms with Crippen LogP contribution in [0.25, 0.3) is 0 Å². The summed E-state index contributed by atoms with van der Waals surface area (Å²) in [6.07, 6.45) is 1.10. The smallest absolute Gasteiger partial charge is 0.229 e. The van der Waals surface area contributed by atoms with E-state index in [-0.39, 0.29) is 6.61 Å². The van der Waals surface area contributed by atoms with E-state index < -0.39 is 10.0 Å². The van der Waals surface area contributed by atoms with Gasteiger partial charge in [0.2, 0.25) is 10.0 Å². The number of rotatable bonds is 2. The van der Waals surface area contributed by atoms with E-state index in [0.29, 0.717) is 11.3 Å². The van der Waals surface area contributed by atoms with Crippen molar-refractivity contribution >= 4 is 15.7 Å². The Balaban J connectivity index is 3.09. The number of benzene rings is 1. The van der Waals surface area contributed by atoms with Crippen molar-refractivity contribution in [2.45, 2.75) is 6.92 Å². The summed E-state index contributed by atoms with van der Waals surface area (Å²) in [6, 6.07) is 5.18. The Kier molecular flexibility index (Phi) is 3.93. The lowest BCUT2D eigenvalue weighted by Crippen LogP contribution is -2.10. The molecule has 0 heterocycles. The quantitative estimate of drug-likeness (QED) is 0.747. The molecule has 0 amide bonds. The molecule has 0 aliphatic carbocycles. The van der Waals surface area contributed by atoms with Crippen molar-refractivity contribution in [1.82, 2.24) is 0 Å². The molecule has 0 spiro atoms. The van der Waals surface area contributed by atoms with Gasteiger partial charge >= 0.3 is 0 Å². The Morgan fingerprint density at radius 2 is 2.12 bits per heavy atom. The van der Waals surface area contributed by atoms with Crippen molar-refractivity contribution in [3.63, 3.8) is 0 Å². The minimum absolute atomic E-state index is 0.220. The molecule has 0 radical (unpaired) electrons. The summed E-state index contributed by atoms with van der Waals surface area (Å²) >= 11 is 0. The van der Waals surface area contributed by atoms with Crippen molar-refractivity contribution in [2.24, 2.45) is 0 Å². The van der Waals surface area contributed by atoms with Crippen LogP contribution in [0.4, 0.5) is 5.69 Å². The van der Waals surface area contributed by atoms with Gasteiger partial charge in [-0.25, -0.2) is 8.42 Å². The Morgan fingerprint density at radius 1 is 1.44 bits per heavy atom. The van der Waals surface area contributed by atoms with E-state index in [1.54, 1.807) is 25.1 Å². The molecule has 0 saturated carbocycles. The lowest BCUT2D eigenvalue weighted by Gasteiger charge is -2.07. The maximum Gasteiger partial charge on any atom is 0.229 e. The first-order chi connectivity index (χ1) is 7.42. The molecule has 86 valence electrons. The van der Waals surface area contributed by atoms with Gasteiger partial charge in [0.1, 0.15) is 6.61 Å². The first kappa shape index (κ1) is 12.6. The molecule has 0 aromatic heterocycles. The molecule has 0 aliphatic rings. The van der Waals surface area contributed by atoms with Gasteiger partial charge < -0.3 is 5.11 Å². The lowest BCUT2D eigenvalue weighted by atomic mass is 10.1. The van der Waals surface area contributed by atoms with Gasteiger partial charge in [-0.15, -0.1) is 0 Å². The van der Waals surface area contributed by atoms with Gasteiger partial charge in [0.05, 0.1) is 11.9 Å². The average molecular weight is 239 g/mol. The zero-order chi connectivity index (χ0) is 12.2. The minimum Gasteiger partial charge on any atom is -0.384 e. The molecule has 1 aromatic rings. The third-order valence-electron chi connectivity index (χ3n) is 1.84. The standard InChI is InChI=1S/C11H13NO3S/c1-9-5-6-10(4-3-7-13)8-11(9)12-16(2,14)15/h5-6,8,12-13H,7H2,1-2H3. The van der Waals surface area contributed by atoms with Gasteiger partial charge in [0.15, 0.2) is 0 Å². The fraction of sp³-hybridized carbons (Fsp3) is 0.273. The first-order valence-corrected chi connectivity index (χ1v) is 6.49. The zero-order valence-corrected chi connectivity index (χ0v) is 9.93. The van der Waals surface area contributed by atoms with E-state index >= 15 is 0 Å². The summed E-state index contributed by atoms with van der Waals surface area (Å²) in [5.41, 5.74) is 1.98. The highest BCUT2D eigenvalue weighted by Gasteiger charge is 2.04. The van der Waals surface area contributed by atoms with Crippen molar-refractivity contribution in [3.8, 4) is 11.8 Å². The fourth-order valence-electron chi connectivity index (χ4n) is 1.15. The van der Waals surface area contributed by atoms with Crippen LogP contribution in [0, 0.1) is 18.8 Å². The number of nitrogens with one attached hydrogen (secondary N) is 1. The Hall–Kier alpha value is -1.51. The summed E-state index contributed by atoms with van der Waals surface area (Å²) in [5.74, 6) is 5.22. The van der Waals surface area contributed by atoms with Gasteiger partial charge in [-0.1, -0.05) is 17.9 Å². The Bertz CT molecular complexity index is 538. The molecule has 0 fully saturated rings. The second kappa shape index (κ2) is 5.01. The highest BCUT2D eigenvalue weighted by molar-refractivity contribution is 7.92. The topological polar surface area (TPSA) is 66.4 Å². The molecule has 4 nitrogen and oxygen atoms in total. The number of aliphatic hydroxyl groups is 1. The predicted molar refractivity (Wildman–Crippen MR) is 63.6 cm³/mol. The van der Waals surface area contributed by atoms with E-state index in [1.165, 1.54) is 0 Å². The SMILES string of the molecule is Cc1ccc(C#CCO)cc1NS(C)(=O)=O. The Labute approximate surface area is 95.4 Å². The van der Waals surface area contributed by atoms with Crippen molar-refractivity contribution in [3.05, 3.63) is 29.3 Å². The highest BCUT2D eigenvalue weighted by atomic mass is 32.2. The van der Waals surface area contributed by atoms with Crippen LogP contribution in [0.2, 0.25) is 0 Å². The second-order valence-electron chi connectivity index (χ2n) is 3.36. The van der Waals surface area contributed by atoms with Crippen LogP contribution in [0.5, 0.6) is 0 Å². The van der Waals surface area contributed by atoms with Crippen LogP contribution in [0.3, 0.4) is 0 Å². The van der Waals surface area contributed by atoms with E-state index in [9.17, 15) is 8.42 Å². The monoisotopic (exact) mass is 239 g/mol. The largest absolute Gasteiger partial charge is 0.384 e. The molecular weight excluding hydrogens is 226 g/mol. The normalized spacial score (nSPS) is 10.4. The number of aryl methyl sites for hydroxylation is 1. The van der Waals surface area contributed by atoms with Crippen molar-refractivity contribution in [1.29, 1.82) is 0 Å². The molecule has 1 aromatic carbocycles. The molecule has 0 atom stereocenters. The lowest BCUT2D eigenvalue weighted by molar-refractivity contribution is 0.350. The third kappa shape index (κ3) is 3.93. The van der Waals surface area contributed by atoms with E-state index in [2.05, 4.69) is 16.6 Å². The number of hydrogen-bond acceptors (Lipinski definition) is 3. The van der Waals surface area contributed by atoms with Crippen LogP contribution < -0.4 is 4.72 Å². The maximum atomic E-state index is 11.1. The average Bonchev–Trinajstić information content (AvgIpc) is 2.17.